The van der Waals surface area contributed by atoms with Crippen molar-refractivity contribution >= 4 is 23.1 Å². The van der Waals surface area contributed by atoms with E-state index in [0.717, 1.165) is 28.0 Å². The fourth-order valence-electron chi connectivity index (χ4n) is 3.28. The number of fused-ring (bicyclic) bond motifs is 1. The van der Waals surface area contributed by atoms with Crippen LogP contribution in [0.25, 0.3) is 5.57 Å². The van der Waals surface area contributed by atoms with Gasteiger partial charge in [-0.05, 0) is 57.4 Å². The van der Waals surface area contributed by atoms with Crippen LogP contribution in [0, 0.1) is 6.92 Å². The normalized spacial score (nSPS) is 19.4. The minimum Gasteiger partial charge on any atom is -0.474 e. The summed E-state index contributed by atoms with van der Waals surface area (Å²) in [5, 5.41) is 0. The van der Waals surface area contributed by atoms with Gasteiger partial charge in [-0.25, -0.2) is 9.78 Å². The summed E-state index contributed by atoms with van der Waals surface area (Å²) in [4.78, 5) is 23.2. The first-order chi connectivity index (χ1) is 13.2. The van der Waals surface area contributed by atoms with Crippen molar-refractivity contribution in [1.29, 1.82) is 0 Å². The van der Waals surface area contributed by atoms with Crippen molar-refractivity contribution in [2.45, 2.75) is 40.2 Å². The molecule has 0 fully saturated rings. The molecule has 0 bridgehead atoms. The van der Waals surface area contributed by atoms with E-state index in [9.17, 15) is 4.79 Å². The summed E-state index contributed by atoms with van der Waals surface area (Å²) < 4.78 is 11.3. The molecule has 1 aromatic heterocycles. The second-order valence-corrected chi connectivity index (χ2v) is 7.72. The highest BCUT2D eigenvalue weighted by atomic mass is 16.6. The highest BCUT2D eigenvalue weighted by Gasteiger charge is 2.31. The molecule has 0 atom stereocenters. The van der Waals surface area contributed by atoms with E-state index in [1.54, 1.807) is 18.1 Å². The van der Waals surface area contributed by atoms with Crippen molar-refractivity contribution in [3.63, 3.8) is 0 Å². The van der Waals surface area contributed by atoms with Crippen LogP contribution in [0.15, 0.2) is 41.1 Å². The van der Waals surface area contributed by atoms with Gasteiger partial charge < -0.3 is 9.47 Å². The van der Waals surface area contributed by atoms with Crippen molar-refractivity contribution in [2.75, 3.05) is 25.1 Å². The molecule has 3 rings (SSSR count). The third-order valence-corrected chi connectivity index (χ3v) is 4.60. The van der Waals surface area contributed by atoms with Gasteiger partial charge in [-0.3, -0.25) is 9.89 Å². The van der Waals surface area contributed by atoms with Gasteiger partial charge in [-0.2, -0.15) is 0 Å². The fourth-order valence-corrected chi connectivity index (χ4v) is 3.28. The maximum atomic E-state index is 12.8. The summed E-state index contributed by atoms with van der Waals surface area (Å²) in [6, 6.07) is 0. The maximum Gasteiger partial charge on any atom is 0.415 e. The molecule has 2 aliphatic rings. The summed E-state index contributed by atoms with van der Waals surface area (Å²) >= 11 is 0. The van der Waals surface area contributed by atoms with Crippen LogP contribution in [0.3, 0.4) is 0 Å². The number of nitrogens with zero attached hydrogens (tertiary/aromatic N) is 3. The number of anilines is 1. The van der Waals surface area contributed by atoms with Gasteiger partial charge >= 0.3 is 6.09 Å². The number of carbonyl (C=O) groups is 1. The summed E-state index contributed by atoms with van der Waals surface area (Å²) in [7, 11) is 1.78. The first-order valence-corrected chi connectivity index (χ1v) is 9.41. The fraction of sp³-hybridized carbons (Fsp3) is 0.409. The number of amides is 1. The Morgan fingerprint density at radius 2 is 2.11 bits per heavy atom. The molecule has 1 amide bonds. The molecule has 0 unspecified atom stereocenters. The topological polar surface area (TPSA) is 64.0 Å². The third-order valence-electron chi connectivity index (χ3n) is 4.60. The number of allylic oxidation sites excluding steroid dienone is 6. The Hall–Kier alpha value is -2.89. The third kappa shape index (κ3) is 3.86. The molecule has 6 heteroatoms. The van der Waals surface area contributed by atoms with Crippen molar-refractivity contribution in [3.8, 4) is 5.88 Å². The zero-order valence-electron chi connectivity index (χ0n) is 17.4. The largest absolute Gasteiger partial charge is 0.474 e. The first-order valence-electron chi connectivity index (χ1n) is 9.41. The SMILES string of the molecule is C/C=C1/C=CC(c2cnc3c(c2C)N(C(=O)OC(C)(C)C)CCO3)=CC1=NC. The van der Waals surface area contributed by atoms with E-state index in [4.69, 9.17) is 9.47 Å². The van der Waals surface area contributed by atoms with Crippen molar-refractivity contribution < 1.29 is 14.3 Å². The molecule has 0 spiro atoms. The number of rotatable bonds is 1. The molecule has 0 saturated heterocycles. The number of pyridine rings is 1. The Bertz CT molecular complexity index is 918. The van der Waals surface area contributed by atoms with Gasteiger partial charge in [0.2, 0.25) is 5.88 Å². The summed E-state index contributed by atoms with van der Waals surface area (Å²) in [5.74, 6) is 0.456. The van der Waals surface area contributed by atoms with Crippen LogP contribution in [0.2, 0.25) is 0 Å². The number of carbonyl (C=O) groups excluding carboxylic acids is 1. The Labute approximate surface area is 166 Å². The predicted octanol–water partition coefficient (Wildman–Crippen LogP) is 4.49. The first kappa shape index (κ1) is 19.9. The smallest absolute Gasteiger partial charge is 0.415 e. The molecule has 1 aliphatic carbocycles. The molecular formula is C22H27N3O3. The van der Waals surface area contributed by atoms with E-state index in [0.29, 0.717) is 24.7 Å². The molecule has 0 N–H and O–H groups in total. The van der Waals surface area contributed by atoms with Gasteiger partial charge in [0, 0.05) is 18.8 Å². The number of aromatic nitrogens is 1. The lowest BCUT2D eigenvalue weighted by Crippen LogP contribution is -2.42. The van der Waals surface area contributed by atoms with E-state index < -0.39 is 5.60 Å². The summed E-state index contributed by atoms with van der Waals surface area (Å²) in [6.07, 6.45) is 9.55. The Balaban J connectivity index is 2.04. The summed E-state index contributed by atoms with van der Waals surface area (Å²) in [6.45, 7) is 10.3. The van der Waals surface area contributed by atoms with Crippen LogP contribution in [0.4, 0.5) is 10.5 Å². The monoisotopic (exact) mass is 381 g/mol. The lowest BCUT2D eigenvalue weighted by atomic mass is 9.93. The van der Waals surface area contributed by atoms with Crippen LogP contribution >= 0.6 is 0 Å². The molecule has 0 radical (unpaired) electrons. The minimum absolute atomic E-state index is 0.387. The van der Waals surface area contributed by atoms with Crippen LogP contribution in [0.5, 0.6) is 5.88 Å². The second kappa shape index (κ2) is 7.62. The average molecular weight is 381 g/mol. The zero-order valence-corrected chi connectivity index (χ0v) is 17.4. The van der Waals surface area contributed by atoms with Gasteiger partial charge in [-0.15, -0.1) is 0 Å². The average Bonchev–Trinajstić information content (AvgIpc) is 2.66. The predicted molar refractivity (Wildman–Crippen MR) is 112 cm³/mol. The van der Waals surface area contributed by atoms with Crippen molar-refractivity contribution in [3.05, 3.63) is 47.2 Å². The molecule has 0 aromatic carbocycles. The van der Waals surface area contributed by atoms with Crippen LogP contribution in [-0.4, -0.2) is 42.6 Å². The Kier molecular flexibility index (Phi) is 5.40. The van der Waals surface area contributed by atoms with Crippen LogP contribution in [0.1, 0.15) is 38.8 Å². The molecule has 6 nitrogen and oxygen atoms in total. The standard InChI is InChI=1S/C22H27N3O3/c1-7-15-8-9-16(12-18(15)23-6)17-13-24-20-19(14(17)2)25(10-11-27-20)21(26)28-22(3,4)5/h7-9,12-13H,10-11H2,1-6H3/b15-7-,23-18?. The van der Waals surface area contributed by atoms with E-state index in [1.165, 1.54) is 0 Å². The maximum absolute atomic E-state index is 12.8. The lowest BCUT2D eigenvalue weighted by Gasteiger charge is -2.32. The molecular weight excluding hydrogens is 354 g/mol. The van der Waals surface area contributed by atoms with Crippen molar-refractivity contribution in [1.82, 2.24) is 4.98 Å². The Morgan fingerprint density at radius 3 is 2.75 bits per heavy atom. The number of hydrogen-bond acceptors (Lipinski definition) is 5. The molecule has 1 aliphatic heterocycles. The van der Waals surface area contributed by atoms with Gasteiger partial charge in [0.1, 0.15) is 17.9 Å². The highest BCUT2D eigenvalue weighted by Crippen LogP contribution is 2.38. The molecule has 28 heavy (non-hydrogen) atoms. The minimum atomic E-state index is -0.571. The van der Waals surface area contributed by atoms with Crippen LogP contribution < -0.4 is 9.64 Å². The van der Waals surface area contributed by atoms with E-state index in [-0.39, 0.29) is 6.09 Å². The summed E-state index contributed by atoms with van der Waals surface area (Å²) in [5.41, 5.74) is 4.94. The molecule has 148 valence electrons. The van der Waals surface area contributed by atoms with E-state index in [1.807, 2.05) is 58.9 Å². The molecule has 2 heterocycles. The highest BCUT2D eigenvalue weighted by molar-refractivity contribution is 6.16. The number of hydrogen-bond donors (Lipinski definition) is 0. The number of aliphatic imine (C=N–C) groups is 1. The molecule has 0 saturated carbocycles. The second-order valence-electron chi connectivity index (χ2n) is 7.72. The molecule has 1 aromatic rings. The number of ether oxygens (including phenoxy) is 2. The Morgan fingerprint density at radius 1 is 1.36 bits per heavy atom. The quantitative estimate of drug-likeness (QED) is 0.719. The van der Waals surface area contributed by atoms with E-state index >= 15 is 0 Å². The van der Waals surface area contributed by atoms with Gasteiger partial charge in [-0.1, -0.05) is 18.2 Å². The van der Waals surface area contributed by atoms with Crippen molar-refractivity contribution in [2.24, 2.45) is 4.99 Å². The van der Waals surface area contributed by atoms with Gasteiger partial charge in [0.15, 0.2) is 0 Å². The van der Waals surface area contributed by atoms with Gasteiger partial charge in [0.25, 0.3) is 0 Å². The van der Waals surface area contributed by atoms with Gasteiger partial charge in [0.05, 0.1) is 12.3 Å². The van der Waals surface area contributed by atoms with E-state index in [2.05, 4.69) is 9.98 Å². The zero-order chi connectivity index (χ0) is 20.5. The lowest BCUT2D eigenvalue weighted by molar-refractivity contribution is 0.0566. The van der Waals surface area contributed by atoms with Crippen LogP contribution in [-0.2, 0) is 4.74 Å².